The van der Waals surface area contributed by atoms with Gasteiger partial charge in [0.15, 0.2) is 0 Å². The van der Waals surface area contributed by atoms with E-state index in [0.717, 1.165) is 32.4 Å². The van der Waals surface area contributed by atoms with Crippen molar-refractivity contribution >= 4 is 11.8 Å². The van der Waals surface area contributed by atoms with Gasteiger partial charge < -0.3 is 15.3 Å². The number of aliphatic hydroxyl groups excluding tert-OH is 1. The summed E-state index contributed by atoms with van der Waals surface area (Å²) in [6, 6.07) is 0. The first-order chi connectivity index (χ1) is 10.1. The van der Waals surface area contributed by atoms with Gasteiger partial charge in [-0.3, -0.25) is 14.5 Å². The number of amides is 2. The van der Waals surface area contributed by atoms with E-state index in [-0.39, 0.29) is 11.8 Å². The van der Waals surface area contributed by atoms with Crippen LogP contribution < -0.4 is 5.32 Å². The third-order valence-corrected chi connectivity index (χ3v) is 5.22. The van der Waals surface area contributed by atoms with Crippen LogP contribution in [0.1, 0.15) is 32.1 Å². The fourth-order valence-corrected chi connectivity index (χ4v) is 3.92. The SMILES string of the molecule is O=C(CN1CC[C@@H](O)[C@@]2(CCCNC2=O)C1)N1CCCC1. The average molecular weight is 295 g/mol. The summed E-state index contributed by atoms with van der Waals surface area (Å²) >= 11 is 0. The minimum atomic E-state index is -0.707. The van der Waals surface area contributed by atoms with Crippen molar-refractivity contribution < 1.29 is 14.7 Å². The molecule has 21 heavy (non-hydrogen) atoms. The molecule has 0 bridgehead atoms. The van der Waals surface area contributed by atoms with E-state index in [2.05, 4.69) is 10.2 Å². The predicted octanol–water partition coefficient (Wildman–Crippen LogP) is -0.428. The lowest BCUT2D eigenvalue weighted by Crippen LogP contribution is -2.62. The molecular weight excluding hydrogens is 270 g/mol. The van der Waals surface area contributed by atoms with Gasteiger partial charge in [0, 0.05) is 32.7 Å². The first-order valence-corrected chi connectivity index (χ1v) is 8.08. The number of hydrogen-bond acceptors (Lipinski definition) is 4. The number of nitrogens with one attached hydrogen (secondary N) is 1. The van der Waals surface area contributed by atoms with Crippen molar-refractivity contribution in [3.05, 3.63) is 0 Å². The number of rotatable bonds is 2. The smallest absolute Gasteiger partial charge is 0.236 e. The summed E-state index contributed by atoms with van der Waals surface area (Å²) in [5, 5.41) is 13.2. The van der Waals surface area contributed by atoms with Crippen LogP contribution in [0.15, 0.2) is 0 Å². The molecule has 3 rings (SSSR count). The zero-order valence-electron chi connectivity index (χ0n) is 12.5. The quantitative estimate of drug-likeness (QED) is 0.725. The molecule has 3 aliphatic rings. The van der Waals surface area contributed by atoms with E-state index in [1.54, 1.807) is 0 Å². The standard InChI is InChI=1S/C15H25N3O3/c19-12-4-9-17(10-13(20)18-7-1-2-8-18)11-15(12)5-3-6-16-14(15)21/h12,19H,1-11H2,(H,16,21)/t12-,15-/m1/s1. The number of nitrogens with zero attached hydrogens (tertiary/aromatic N) is 2. The van der Waals surface area contributed by atoms with E-state index in [0.29, 0.717) is 39.0 Å². The highest BCUT2D eigenvalue weighted by molar-refractivity contribution is 5.84. The number of carbonyl (C=O) groups excluding carboxylic acids is 2. The third-order valence-electron chi connectivity index (χ3n) is 5.22. The Bertz CT molecular complexity index is 422. The van der Waals surface area contributed by atoms with Crippen LogP contribution in [0.2, 0.25) is 0 Å². The summed E-state index contributed by atoms with van der Waals surface area (Å²) in [5.74, 6) is 0.120. The third kappa shape index (κ3) is 2.79. The van der Waals surface area contributed by atoms with Crippen LogP contribution in [0.5, 0.6) is 0 Å². The molecular formula is C15H25N3O3. The molecule has 0 radical (unpaired) electrons. The molecule has 3 fully saturated rings. The zero-order chi connectivity index (χ0) is 14.9. The van der Waals surface area contributed by atoms with Gasteiger partial charge in [-0.25, -0.2) is 0 Å². The van der Waals surface area contributed by atoms with Crippen LogP contribution in [0.4, 0.5) is 0 Å². The Kier molecular flexibility index (Phi) is 4.17. The van der Waals surface area contributed by atoms with Gasteiger partial charge in [-0.15, -0.1) is 0 Å². The molecule has 1 spiro atoms. The van der Waals surface area contributed by atoms with Crippen LogP contribution in [-0.2, 0) is 9.59 Å². The van der Waals surface area contributed by atoms with Crippen LogP contribution in [0, 0.1) is 5.41 Å². The van der Waals surface area contributed by atoms with E-state index in [4.69, 9.17) is 0 Å². The van der Waals surface area contributed by atoms with Gasteiger partial charge in [0.05, 0.1) is 18.1 Å². The van der Waals surface area contributed by atoms with Crippen LogP contribution in [0.3, 0.4) is 0 Å². The highest BCUT2D eigenvalue weighted by atomic mass is 16.3. The molecule has 2 atom stereocenters. The topological polar surface area (TPSA) is 72.9 Å². The lowest BCUT2D eigenvalue weighted by Gasteiger charge is -2.46. The molecule has 6 heteroatoms. The first kappa shape index (κ1) is 14.8. The molecule has 0 aromatic rings. The summed E-state index contributed by atoms with van der Waals surface area (Å²) in [6.07, 6.45) is 3.79. The summed E-state index contributed by atoms with van der Waals surface area (Å²) in [7, 11) is 0. The van der Waals surface area contributed by atoms with Gasteiger partial charge in [0.2, 0.25) is 11.8 Å². The maximum atomic E-state index is 12.3. The largest absolute Gasteiger partial charge is 0.392 e. The Balaban J connectivity index is 1.65. The van der Waals surface area contributed by atoms with Gasteiger partial charge in [0.1, 0.15) is 0 Å². The minimum absolute atomic E-state index is 0.0421. The van der Waals surface area contributed by atoms with E-state index >= 15 is 0 Å². The molecule has 6 nitrogen and oxygen atoms in total. The normalized spacial score (nSPS) is 34.2. The number of aliphatic hydroxyl groups is 1. The molecule has 0 aromatic carbocycles. The molecule has 0 saturated carbocycles. The van der Waals surface area contributed by atoms with E-state index in [1.165, 1.54) is 0 Å². The number of carbonyl (C=O) groups is 2. The summed E-state index contributed by atoms with van der Waals surface area (Å²) < 4.78 is 0. The van der Waals surface area contributed by atoms with Gasteiger partial charge >= 0.3 is 0 Å². The Morgan fingerprint density at radius 2 is 2.05 bits per heavy atom. The fraction of sp³-hybridized carbons (Fsp3) is 0.867. The summed E-state index contributed by atoms with van der Waals surface area (Å²) in [4.78, 5) is 28.5. The maximum Gasteiger partial charge on any atom is 0.236 e. The molecule has 0 aromatic heterocycles. The molecule has 2 N–H and O–H groups in total. The predicted molar refractivity (Wildman–Crippen MR) is 77.6 cm³/mol. The van der Waals surface area contributed by atoms with Crippen molar-refractivity contribution in [2.75, 3.05) is 39.3 Å². The second kappa shape index (κ2) is 5.93. The van der Waals surface area contributed by atoms with Gasteiger partial charge in [0.25, 0.3) is 0 Å². The maximum absolute atomic E-state index is 12.3. The van der Waals surface area contributed by atoms with Crippen LogP contribution in [0.25, 0.3) is 0 Å². The van der Waals surface area contributed by atoms with Crippen molar-refractivity contribution in [3.8, 4) is 0 Å². The Morgan fingerprint density at radius 3 is 2.76 bits per heavy atom. The molecule has 3 saturated heterocycles. The van der Waals surface area contributed by atoms with E-state index in [1.807, 2.05) is 4.90 Å². The zero-order valence-corrected chi connectivity index (χ0v) is 12.5. The Morgan fingerprint density at radius 1 is 1.29 bits per heavy atom. The van der Waals surface area contributed by atoms with Gasteiger partial charge in [-0.05, 0) is 32.1 Å². The second-order valence-corrected chi connectivity index (χ2v) is 6.62. The molecule has 2 amide bonds. The number of hydrogen-bond donors (Lipinski definition) is 2. The van der Waals surface area contributed by atoms with Crippen molar-refractivity contribution in [3.63, 3.8) is 0 Å². The summed E-state index contributed by atoms with van der Waals surface area (Å²) in [5.41, 5.74) is -0.707. The number of piperidine rings is 2. The van der Waals surface area contributed by atoms with E-state index in [9.17, 15) is 14.7 Å². The fourth-order valence-electron chi connectivity index (χ4n) is 3.92. The highest BCUT2D eigenvalue weighted by Gasteiger charge is 2.49. The van der Waals surface area contributed by atoms with Crippen molar-refractivity contribution in [1.82, 2.24) is 15.1 Å². The van der Waals surface area contributed by atoms with E-state index < -0.39 is 11.5 Å². The van der Waals surface area contributed by atoms with Crippen molar-refractivity contribution in [1.29, 1.82) is 0 Å². The molecule has 0 aliphatic carbocycles. The average Bonchev–Trinajstić information content (AvgIpc) is 3.00. The highest BCUT2D eigenvalue weighted by Crippen LogP contribution is 2.37. The molecule has 3 aliphatic heterocycles. The van der Waals surface area contributed by atoms with Gasteiger partial charge in [-0.1, -0.05) is 0 Å². The lowest BCUT2D eigenvalue weighted by atomic mass is 9.71. The lowest BCUT2D eigenvalue weighted by molar-refractivity contribution is -0.151. The van der Waals surface area contributed by atoms with Crippen LogP contribution >= 0.6 is 0 Å². The Hall–Kier alpha value is -1.14. The first-order valence-electron chi connectivity index (χ1n) is 8.08. The minimum Gasteiger partial charge on any atom is -0.392 e. The Labute approximate surface area is 125 Å². The molecule has 0 unspecified atom stereocenters. The molecule has 118 valence electrons. The summed E-state index contributed by atoms with van der Waals surface area (Å²) in [6.45, 7) is 3.99. The second-order valence-electron chi connectivity index (χ2n) is 6.62. The number of likely N-dealkylation sites (tertiary alicyclic amines) is 2. The monoisotopic (exact) mass is 295 g/mol. The van der Waals surface area contributed by atoms with Crippen LogP contribution in [-0.4, -0.2) is 72.1 Å². The van der Waals surface area contributed by atoms with Gasteiger partial charge in [-0.2, -0.15) is 0 Å². The molecule has 3 heterocycles. The van der Waals surface area contributed by atoms with Crippen molar-refractivity contribution in [2.24, 2.45) is 5.41 Å². The van der Waals surface area contributed by atoms with Crippen molar-refractivity contribution in [2.45, 2.75) is 38.2 Å².